The predicted octanol–water partition coefficient (Wildman–Crippen LogP) is 3.59. The Balaban J connectivity index is 2.54. The van der Waals surface area contributed by atoms with Crippen molar-refractivity contribution in [3.05, 3.63) is 52.0 Å². The number of hydrogen-bond donors (Lipinski definition) is 1. The molecule has 4 heteroatoms. The highest BCUT2D eigenvalue weighted by Gasteiger charge is 2.24. The van der Waals surface area contributed by atoms with Crippen LogP contribution in [0.1, 0.15) is 36.3 Å². The van der Waals surface area contributed by atoms with Crippen LogP contribution in [0.4, 0.5) is 0 Å². The second kappa shape index (κ2) is 5.88. The number of imidazole rings is 1. The van der Waals surface area contributed by atoms with Gasteiger partial charge in [-0.15, -0.1) is 0 Å². The van der Waals surface area contributed by atoms with Gasteiger partial charge in [0.15, 0.2) is 0 Å². The van der Waals surface area contributed by atoms with Gasteiger partial charge in [0.2, 0.25) is 0 Å². The van der Waals surface area contributed by atoms with E-state index in [1.807, 2.05) is 19.3 Å². The summed E-state index contributed by atoms with van der Waals surface area (Å²) in [6.45, 7) is 6.24. The van der Waals surface area contributed by atoms with Gasteiger partial charge in [-0.05, 0) is 31.9 Å². The van der Waals surface area contributed by atoms with E-state index in [0.717, 1.165) is 16.6 Å². The van der Waals surface area contributed by atoms with Gasteiger partial charge in [-0.3, -0.25) is 0 Å². The Morgan fingerprint density at radius 2 is 2.00 bits per heavy atom. The SMILES string of the molecule is CCC(N)C(c1ccccc1Br)n1cnc(C)c1C. The highest BCUT2D eigenvalue weighted by atomic mass is 79.9. The maximum Gasteiger partial charge on any atom is 0.0957 e. The smallest absolute Gasteiger partial charge is 0.0957 e. The monoisotopic (exact) mass is 321 g/mol. The number of nitrogens with two attached hydrogens (primary N) is 1. The van der Waals surface area contributed by atoms with E-state index in [1.165, 1.54) is 11.3 Å². The van der Waals surface area contributed by atoms with Crippen molar-refractivity contribution in [3.8, 4) is 0 Å². The third kappa shape index (κ3) is 2.74. The molecule has 2 atom stereocenters. The number of nitrogens with zero attached hydrogens (tertiary/aromatic N) is 2. The Hall–Kier alpha value is -1.13. The highest BCUT2D eigenvalue weighted by molar-refractivity contribution is 9.10. The van der Waals surface area contributed by atoms with Gasteiger partial charge in [-0.1, -0.05) is 41.1 Å². The summed E-state index contributed by atoms with van der Waals surface area (Å²) >= 11 is 3.63. The van der Waals surface area contributed by atoms with Gasteiger partial charge in [0.05, 0.1) is 18.1 Å². The van der Waals surface area contributed by atoms with Crippen LogP contribution < -0.4 is 5.73 Å². The fourth-order valence-corrected chi connectivity index (χ4v) is 2.84. The van der Waals surface area contributed by atoms with Crippen LogP contribution in [0.5, 0.6) is 0 Å². The number of rotatable bonds is 4. The molecular weight excluding hydrogens is 302 g/mol. The minimum atomic E-state index is 0.0611. The van der Waals surface area contributed by atoms with Gasteiger partial charge in [0.25, 0.3) is 0 Å². The lowest BCUT2D eigenvalue weighted by Crippen LogP contribution is -2.33. The summed E-state index contributed by atoms with van der Waals surface area (Å²) in [5.41, 5.74) is 9.79. The molecule has 0 spiro atoms. The molecular formula is C15H20BrN3. The summed E-state index contributed by atoms with van der Waals surface area (Å²) in [6.07, 6.45) is 2.81. The van der Waals surface area contributed by atoms with Crippen LogP contribution in [-0.2, 0) is 0 Å². The molecule has 0 bridgehead atoms. The summed E-state index contributed by atoms with van der Waals surface area (Å²) in [5, 5.41) is 0. The largest absolute Gasteiger partial charge is 0.326 e. The minimum Gasteiger partial charge on any atom is -0.326 e. The van der Waals surface area contributed by atoms with E-state index in [0.29, 0.717) is 0 Å². The van der Waals surface area contributed by atoms with Gasteiger partial charge < -0.3 is 10.3 Å². The first-order valence-electron chi connectivity index (χ1n) is 6.56. The van der Waals surface area contributed by atoms with E-state index in [-0.39, 0.29) is 12.1 Å². The normalized spacial score (nSPS) is 14.4. The molecule has 0 saturated carbocycles. The van der Waals surface area contributed by atoms with E-state index in [1.54, 1.807) is 0 Å². The molecule has 1 aromatic carbocycles. The van der Waals surface area contributed by atoms with E-state index in [4.69, 9.17) is 5.73 Å². The Kier molecular flexibility index (Phi) is 4.42. The lowest BCUT2D eigenvalue weighted by Gasteiger charge is -2.27. The summed E-state index contributed by atoms with van der Waals surface area (Å²) in [5.74, 6) is 0. The molecule has 2 rings (SSSR count). The molecule has 0 fully saturated rings. The van der Waals surface area contributed by atoms with Crippen molar-refractivity contribution in [1.29, 1.82) is 0 Å². The first-order chi connectivity index (χ1) is 9.06. The molecule has 0 aliphatic carbocycles. The molecule has 0 amide bonds. The fourth-order valence-electron chi connectivity index (χ4n) is 2.32. The fraction of sp³-hybridized carbons (Fsp3) is 0.400. The Morgan fingerprint density at radius 3 is 2.53 bits per heavy atom. The van der Waals surface area contributed by atoms with E-state index >= 15 is 0 Å². The van der Waals surface area contributed by atoms with Crippen LogP contribution in [0.25, 0.3) is 0 Å². The zero-order valence-electron chi connectivity index (χ0n) is 11.6. The van der Waals surface area contributed by atoms with E-state index in [2.05, 4.69) is 57.5 Å². The summed E-state index contributed by atoms with van der Waals surface area (Å²) in [6, 6.07) is 8.43. The third-order valence-corrected chi connectivity index (χ3v) is 4.41. The quantitative estimate of drug-likeness (QED) is 0.935. The molecule has 2 aromatic rings. The Morgan fingerprint density at radius 1 is 1.32 bits per heavy atom. The molecule has 0 radical (unpaired) electrons. The van der Waals surface area contributed by atoms with Crippen LogP contribution >= 0.6 is 15.9 Å². The number of aromatic nitrogens is 2. The Bertz CT molecular complexity index is 562. The lowest BCUT2D eigenvalue weighted by atomic mass is 9.97. The van der Waals surface area contributed by atoms with Gasteiger partial charge in [-0.2, -0.15) is 0 Å². The van der Waals surface area contributed by atoms with Crippen molar-refractivity contribution < 1.29 is 0 Å². The van der Waals surface area contributed by atoms with Crippen molar-refractivity contribution in [2.45, 2.75) is 39.3 Å². The predicted molar refractivity (Wildman–Crippen MR) is 82.2 cm³/mol. The van der Waals surface area contributed by atoms with Crippen LogP contribution in [0, 0.1) is 13.8 Å². The van der Waals surface area contributed by atoms with Gasteiger partial charge in [0, 0.05) is 16.2 Å². The first-order valence-corrected chi connectivity index (χ1v) is 7.35. The number of benzene rings is 1. The number of hydrogen-bond acceptors (Lipinski definition) is 2. The molecule has 19 heavy (non-hydrogen) atoms. The maximum atomic E-state index is 6.36. The van der Waals surface area contributed by atoms with Crippen LogP contribution in [0.15, 0.2) is 35.1 Å². The molecule has 2 unspecified atom stereocenters. The number of halogens is 1. The lowest BCUT2D eigenvalue weighted by molar-refractivity contribution is 0.450. The van der Waals surface area contributed by atoms with Crippen LogP contribution in [0.3, 0.4) is 0 Å². The summed E-state index contributed by atoms with van der Waals surface area (Å²) in [7, 11) is 0. The second-order valence-electron chi connectivity index (χ2n) is 4.86. The first kappa shape index (κ1) is 14.3. The molecule has 2 N–H and O–H groups in total. The molecule has 0 aliphatic heterocycles. The minimum absolute atomic E-state index is 0.0611. The molecule has 3 nitrogen and oxygen atoms in total. The van der Waals surface area contributed by atoms with Crippen molar-refractivity contribution in [3.63, 3.8) is 0 Å². The average molecular weight is 322 g/mol. The van der Waals surface area contributed by atoms with Crippen molar-refractivity contribution in [2.24, 2.45) is 5.73 Å². The molecule has 0 aliphatic rings. The van der Waals surface area contributed by atoms with Crippen LogP contribution in [-0.4, -0.2) is 15.6 Å². The third-order valence-electron chi connectivity index (χ3n) is 3.69. The van der Waals surface area contributed by atoms with Gasteiger partial charge in [0.1, 0.15) is 0 Å². The second-order valence-corrected chi connectivity index (χ2v) is 5.72. The zero-order chi connectivity index (χ0) is 14.0. The van der Waals surface area contributed by atoms with E-state index < -0.39 is 0 Å². The Labute approximate surface area is 123 Å². The summed E-state index contributed by atoms with van der Waals surface area (Å²) in [4.78, 5) is 4.40. The van der Waals surface area contributed by atoms with Crippen molar-refractivity contribution in [1.82, 2.24) is 9.55 Å². The maximum absolute atomic E-state index is 6.36. The molecule has 1 heterocycles. The summed E-state index contributed by atoms with van der Waals surface area (Å²) < 4.78 is 3.28. The average Bonchev–Trinajstić information content (AvgIpc) is 2.73. The molecule has 102 valence electrons. The van der Waals surface area contributed by atoms with Crippen molar-refractivity contribution in [2.75, 3.05) is 0 Å². The highest BCUT2D eigenvalue weighted by Crippen LogP contribution is 2.30. The zero-order valence-corrected chi connectivity index (χ0v) is 13.2. The molecule has 0 saturated heterocycles. The van der Waals surface area contributed by atoms with Crippen LogP contribution in [0.2, 0.25) is 0 Å². The molecule has 1 aromatic heterocycles. The standard InChI is InChI=1S/C15H20BrN3/c1-4-14(17)15(12-7-5-6-8-13(12)16)19-9-18-10(2)11(19)3/h5-9,14-15H,4,17H2,1-3H3. The van der Waals surface area contributed by atoms with Gasteiger partial charge >= 0.3 is 0 Å². The number of aryl methyl sites for hydroxylation is 1. The topological polar surface area (TPSA) is 43.8 Å². The van der Waals surface area contributed by atoms with E-state index in [9.17, 15) is 0 Å². The van der Waals surface area contributed by atoms with Gasteiger partial charge in [-0.25, -0.2) is 4.98 Å². The van der Waals surface area contributed by atoms with Crippen molar-refractivity contribution >= 4 is 15.9 Å².